The number of aromatic amines is 1. The van der Waals surface area contributed by atoms with Crippen LogP contribution >= 0.6 is 23.2 Å². The van der Waals surface area contributed by atoms with Crippen LogP contribution in [0.2, 0.25) is 10.0 Å². The minimum Gasteiger partial charge on any atom is -0.489 e. The SMILES string of the molecule is Clc1ccc(COc2ccccc2CNCCc2c[nH]c3ccccc23)cc1Cl. The third kappa shape index (κ3) is 4.94. The van der Waals surface area contributed by atoms with Crippen molar-refractivity contribution in [2.45, 2.75) is 19.6 Å². The maximum absolute atomic E-state index is 6.09. The molecular formula is C24H22Cl2N2O. The summed E-state index contributed by atoms with van der Waals surface area (Å²) in [6.45, 7) is 2.09. The van der Waals surface area contributed by atoms with Gasteiger partial charge in [0.05, 0.1) is 10.0 Å². The second-order valence-electron chi connectivity index (χ2n) is 6.93. The zero-order valence-corrected chi connectivity index (χ0v) is 17.4. The summed E-state index contributed by atoms with van der Waals surface area (Å²) < 4.78 is 6.03. The standard InChI is InChI=1S/C24H22Cl2N2O/c25-21-10-9-17(13-22(21)26)16-29-24-8-4-1-5-19(24)14-27-12-11-18-15-28-23-7-3-2-6-20(18)23/h1-10,13,15,27-28H,11-12,14,16H2. The highest BCUT2D eigenvalue weighted by Crippen LogP contribution is 2.24. The monoisotopic (exact) mass is 424 g/mol. The molecule has 4 aromatic rings. The number of rotatable bonds is 8. The molecule has 5 heteroatoms. The maximum atomic E-state index is 6.09. The van der Waals surface area contributed by atoms with Gasteiger partial charge in [-0.3, -0.25) is 0 Å². The molecule has 0 amide bonds. The highest BCUT2D eigenvalue weighted by molar-refractivity contribution is 6.42. The largest absolute Gasteiger partial charge is 0.489 e. The summed E-state index contributed by atoms with van der Waals surface area (Å²) in [6.07, 6.45) is 3.07. The number of aromatic nitrogens is 1. The number of halogens is 2. The van der Waals surface area contributed by atoms with Crippen molar-refractivity contribution in [1.29, 1.82) is 0 Å². The predicted octanol–water partition coefficient (Wildman–Crippen LogP) is 6.39. The molecule has 3 nitrogen and oxygen atoms in total. The molecule has 0 radical (unpaired) electrons. The van der Waals surface area contributed by atoms with Crippen LogP contribution in [0.15, 0.2) is 72.9 Å². The van der Waals surface area contributed by atoms with Gasteiger partial charge in [-0.1, -0.05) is 65.7 Å². The first-order chi connectivity index (χ1) is 14.2. The van der Waals surface area contributed by atoms with Crippen LogP contribution in [0.4, 0.5) is 0 Å². The summed E-state index contributed by atoms with van der Waals surface area (Å²) in [5.41, 5.74) is 4.63. The fourth-order valence-corrected chi connectivity index (χ4v) is 3.69. The molecule has 1 aromatic heterocycles. The Kier molecular flexibility index (Phi) is 6.40. The van der Waals surface area contributed by atoms with Gasteiger partial charge < -0.3 is 15.0 Å². The van der Waals surface area contributed by atoms with E-state index in [0.717, 1.165) is 36.4 Å². The first-order valence-corrected chi connectivity index (χ1v) is 10.4. The van der Waals surface area contributed by atoms with Gasteiger partial charge in [0.25, 0.3) is 0 Å². The summed E-state index contributed by atoms with van der Waals surface area (Å²) in [5.74, 6) is 0.873. The smallest absolute Gasteiger partial charge is 0.124 e. The fourth-order valence-electron chi connectivity index (χ4n) is 3.37. The lowest BCUT2D eigenvalue weighted by Crippen LogP contribution is -2.17. The van der Waals surface area contributed by atoms with E-state index in [1.807, 2.05) is 30.3 Å². The number of ether oxygens (including phenoxy) is 1. The molecule has 0 aliphatic heterocycles. The van der Waals surface area contributed by atoms with Crippen molar-refractivity contribution < 1.29 is 4.74 Å². The Morgan fingerprint density at radius 3 is 2.59 bits per heavy atom. The van der Waals surface area contributed by atoms with Gasteiger partial charge >= 0.3 is 0 Å². The normalized spacial score (nSPS) is 11.1. The Bertz CT molecular complexity index is 1110. The van der Waals surface area contributed by atoms with E-state index in [1.54, 1.807) is 6.07 Å². The first kappa shape index (κ1) is 19.8. The van der Waals surface area contributed by atoms with Gasteiger partial charge in [0.2, 0.25) is 0 Å². The Morgan fingerprint density at radius 1 is 0.862 bits per heavy atom. The summed E-state index contributed by atoms with van der Waals surface area (Å²) in [4.78, 5) is 3.33. The Morgan fingerprint density at radius 2 is 1.69 bits per heavy atom. The van der Waals surface area contributed by atoms with Gasteiger partial charge in [-0.25, -0.2) is 0 Å². The summed E-state index contributed by atoms with van der Waals surface area (Å²) in [5, 5.41) is 5.91. The summed E-state index contributed by atoms with van der Waals surface area (Å²) in [6, 6.07) is 22.0. The van der Waals surface area contributed by atoms with Gasteiger partial charge in [0, 0.05) is 29.2 Å². The molecule has 0 fully saturated rings. The van der Waals surface area contributed by atoms with Crippen molar-refractivity contribution in [3.05, 3.63) is 99.7 Å². The topological polar surface area (TPSA) is 37.0 Å². The number of fused-ring (bicyclic) bond motifs is 1. The van der Waals surface area contributed by atoms with Crippen molar-refractivity contribution >= 4 is 34.1 Å². The van der Waals surface area contributed by atoms with Crippen molar-refractivity contribution in [2.24, 2.45) is 0 Å². The zero-order valence-electron chi connectivity index (χ0n) is 15.9. The maximum Gasteiger partial charge on any atom is 0.124 e. The zero-order chi connectivity index (χ0) is 20.1. The van der Waals surface area contributed by atoms with Crippen LogP contribution in [0.5, 0.6) is 5.75 Å². The molecule has 0 saturated heterocycles. The average molecular weight is 425 g/mol. The van der Waals surface area contributed by atoms with Crippen LogP contribution in [0, 0.1) is 0 Å². The first-order valence-electron chi connectivity index (χ1n) is 9.61. The van der Waals surface area contributed by atoms with Gasteiger partial charge in [0.15, 0.2) is 0 Å². The lowest BCUT2D eigenvalue weighted by atomic mass is 10.1. The predicted molar refractivity (Wildman–Crippen MR) is 121 cm³/mol. The molecule has 1 heterocycles. The molecule has 3 aromatic carbocycles. The number of benzene rings is 3. The molecule has 29 heavy (non-hydrogen) atoms. The second kappa shape index (κ2) is 9.36. The second-order valence-corrected chi connectivity index (χ2v) is 7.75. The van der Waals surface area contributed by atoms with Crippen LogP contribution in [-0.4, -0.2) is 11.5 Å². The Labute approximate surface area is 180 Å². The van der Waals surface area contributed by atoms with Gasteiger partial charge in [-0.15, -0.1) is 0 Å². The average Bonchev–Trinajstić information content (AvgIpc) is 3.16. The molecule has 0 bridgehead atoms. The molecular weight excluding hydrogens is 403 g/mol. The molecule has 2 N–H and O–H groups in total. The molecule has 0 atom stereocenters. The molecule has 4 rings (SSSR count). The third-order valence-corrected chi connectivity index (χ3v) is 5.65. The fraction of sp³-hybridized carbons (Fsp3) is 0.167. The highest BCUT2D eigenvalue weighted by Gasteiger charge is 2.06. The summed E-state index contributed by atoms with van der Waals surface area (Å²) in [7, 11) is 0. The van der Waals surface area contributed by atoms with E-state index in [9.17, 15) is 0 Å². The third-order valence-electron chi connectivity index (χ3n) is 4.91. The van der Waals surface area contributed by atoms with E-state index in [4.69, 9.17) is 27.9 Å². The van der Waals surface area contributed by atoms with E-state index < -0.39 is 0 Å². The van der Waals surface area contributed by atoms with Crippen LogP contribution in [0.25, 0.3) is 10.9 Å². The number of hydrogen-bond acceptors (Lipinski definition) is 2. The lowest BCUT2D eigenvalue weighted by molar-refractivity contribution is 0.302. The lowest BCUT2D eigenvalue weighted by Gasteiger charge is -2.13. The van der Waals surface area contributed by atoms with Crippen molar-refractivity contribution in [3.8, 4) is 5.75 Å². The van der Waals surface area contributed by atoms with Crippen LogP contribution in [0.3, 0.4) is 0 Å². The molecule has 0 saturated carbocycles. The summed E-state index contributed by atoms with van der Waals surface area (Å²) >= 11 is 12.1. The molecule has 0 aliphatic rings. The number of H-pyrrole nitrogens is 1. The van der Waals surface area contributed by atoms with Crippen LogP contribution in [-0.2, 0) is 19.6 Å². The minimum atomic E-state index is 0.448. The number of para-hydroxylation sites is 2. The molecule has 0 aliphatic carbocycles. The molecule has 0 spiro atoms. The Hall–Kier alpha value is -2.46. The van der Waals surface area contributed by atoms with E-state index in [1.165, 1.54) is 16.5 Å². The van der Waals surface area contributed by atoms with Crippen LogP contribution in [0.1, 0.15) is 16.7 Å². The number of hydrogen-bond donors (Lipinski definition) is 2. The van der Waals surface area contributed by atoms with Crippen molar-refractivity contribution in [2.75, 3.05) is 6.54 Å². The van der Waals surface area contributed by atoms with E-state index in [0.29, 0.717) is 16.7 Å². The quantitative estimate of drug-likeness (QED) is 0.321. The van der Waals surface area contributed by atoms with Gasteiger partial charge in [0.1, 0.15) is 12.4 Å². The molecule has 0 unspecified atom stereocenters. The molecule has 148 valence electrons. The van der Waals surface area contributed by atoms with Crippen LogP contribution < -0.4 is 10.1 Å². The van der Waals surface area contributed by atoms with Crippen molar-refractivity contribution in [1.82, 2.24) is 10.3 Å². The Balaban J connectivity index is 1.32. The highest BCUT2D eigenvalue weighted by atomic mass is 35.5. The van der Waals surface area contributed by atoms with Gasteiger partial charge in [-0.05, 0) is 48.4 Å². The number of nitrogens with one attached hydrogen (secondary N) is 2. The van der Waals surface area contributed by atoms with E-state index in [2.05, 4.69) is 46.8 Å². The van der Waals surface area contributed by atoms with Crippen molar-refractivity contribution in [3.63, 3.8) is 0 Å². The van der Waals surface area contributed by atoms with E-state index >= 15 is 0 Å². The van der Waals surface area contributed by atoms with E-state index in [-0.39, 0.29) is 0 Å². The van der Waals surface area contributed by atoms with Gasteiger partial charge in [-0.2, -0.15) is 0 Å². The minimum absolute atomic E-state index is 0.448.